The van der Waals surface area contributed by atoms with Gasteiger partial charge in [0.1, 0.15) is 22.9 Å². The predicted octanol–water partition coefficient (Wildman–Crippen LogP) is 25.8. The Hall–Kier alpha value is -5.08. The van der Waals surface area contributed by atoms with Crippen LogP contribution in [0.15, 0.2) is 97.6 Å². The van der Waals surface area contributed by atoms with Crippen LogP contribution in [0.5, 0.6) is 5.75 Å². The molecule has 2 nitrogen and oxygen atoms in total. The number of ether oxygens (including phenoxy) is 2. The van der Waals surface area contributed by atoms with Crippen molar-refractivity contribution in [1.82, 2.24) is 0 Å². The molecule has 1 heterocycles. The summed E-state index contributed by atoms with van der Waals surface area (Å²) < 4.78 is 96.7. The molecule has 0 spiro atoms. The smallest absolute Gasteiger partial charge is 0.429 e. The molecule has 4 saturated carbocycles. The van der Waals surface area contributed by atoms with Crippen LogP contribution < -0.4 is 4.74 Å². The standard InChI is InChI=1S/C30H32F4O2.C18H32.C17H30.C15H14F2.2CH4/c1-16-7-8-27(35-15-16)22-9-18(3)28(19(4)10-22)23-11-20(5)29(26(32)13-23)30(33,34)36-24-12-17(2)21(6)25(31)14-24;1-3-5-15-7-11-17(12-8-15)18-13-9-16(6-4-2)10-14-18;1-3-5-15-8-12-17(13-9-15)16-10-6-14(4-2)7-11-16;1-10-3-5-12(6-4-10)8-13-7-11(2)15(17)14(16)9-13;;/h9-14,16,27H,7-8,15H2,1-6H3;3,5,15-18H,4,6-14H2,1-2H3;4,14-17H,2-3,5-13H2,1H3;3-7,9H,8H2,1-2H3;2*1H4/b;5-3+;;;;. The Bertz CT molecular complexity index is 2900. The van der Waals surface area contributed by atoms with E-state index in [9.17, 15) is 13.2 Å². The van der Waals surface area contributed by atoms with Crippen LogP contribution in [0, 0.1) is 125 Å². The molecule has 90 heavy (non-hydrogen) atoms. The van der Waals surface area contributed by atoms with Crippen LogP contribution in [0.25, 0.3) is 11.1 Å². The number of rotatable bonds is 15. The van der Waals surface area contributed by atoms with Gasteiger partial charge in [0.05, 0.1) is 6.10 Å². The topological polar surface area (TPSA) is 18.5 Å². The molecule has 10 rings (SSSR count). The van der Waals surface area contributed by atoms with Crippen molar-refractivity contribution in [1.29, 1.82) is 0 Å². The van der Waals surface area contributed by atoms with Gasteiger partial charge in [-0.2, -0.15) is 8.78 Å². The molecule has 0 amide bonds. The Labute approximate surface area is 542 Å². The SMILES string of the molecule is C.C.C/C=C/C1CCC(C2CCC(CCC)CC2)CC1.C=CC1CCC(C2CCC(CCC)CC2)CC1.Cc1cc(OC(F)(F)c2c(C)cc(-c3c(C)cc(C4CCC(C)CO4)cc3C)cc2F)cc(F)c1C.Cc1ccc(Cc2cc(C)c(F)c(F)c2)cc1. The maximum atomic E-state index is 15.2. The first kappa shape index (κ1) is 75.6. The number of halogens is 6. The monoisotopic (exact) mass is 1250 g/mol. The second kappa shape index (κ2) is 36.4. The lowest BCUT2D eigenvalue weighted by Gasteiger charge is -2.37. The normalized spacial score (nSPS) is 24.3. The van der Waals surface area contributed by atoms with Gasteiger partial charge in [0, 0.05) is 12.7 Å². The summed E-state index contributed by atoms with van der Waals surface area (Å²) in [5, 5.41) is 0. The molecule has 0 aromatic heterocycles. The van der Waals surface area contributed by atoms with Crippen molar-refractivity contribution in [2.75, 3.05) is 6.61 Å². The molecule has 5 aliphatic rings. The van der Waals surface area contributed by atoms with Gasteiger partial charge in [-0.3, -0.25) is 0 Å². The summed E-state index contributed by atoms with van der Waals surface area (Å²) in [7, 11) is 0. The molecule has 5 aromatic carbocycles. The van der Waals surface area contributed by atoms with Gasteiger partial charge in [0.15, 0.2) is 11.6 Å². The number of aryl methyl sites for hydroxylation is 6. The molecular formula is C82H116F6O2. The van der Waals surface area contributed by atoms with E-state index in [-0.39, 0.29) is 32.3 Å². The molecule has 0 N–H and O–H groups in total. The zero-order chi connectivity index (χ0) is 63.7. The van der Waals surface area contributed by atoms with Crippen molar-refractivity contribution in [3.8, 4) is 16.9 Å². The second-order valence-corrected chi connectivity index (χ2v) is 27.8. The van der Waals surface area contributed by atoms with E-state index in [2.05, 4.69) is 52.5 Å². The Morgan fingerprint density at radius 3 is 1.52 bits per heavy atom. The Balaban J connectivity index is 0.000000232. The number of hydrogen-bond donors (Lipinski definition) is 0. The van der Waals surface area contributed by atoms with Gasteiger partial charge in [-0.1, -0.05) is 159 Å². The van der Waals surface area contributed by atoms with Crippen LogP contribution in [0.2, 0.25) is 0 Å². The molecule has 1 aliphatic heterocycles. The lowest BCUT2D eigenvalue weighted by atomic mass is 9.69. The van der Waals surface area contributed by atoms with E-state index in [0.717, 1.165) is 112 Å². The van der Waals surface area contributed by atoms with E-state index in [4.69, 9.17) is 9.47 Å². The minimum Gasteiger partial charge on any atom is -0.429 e. The van der Waals surface area contributed by atoms with Crippen molar-refractivity contribution in [3.05, 3.63) is 182 Å². The van der Waals surface area contributed by atoms with Crippen LogP contribution in [-0.4, -0.2) is 6.61 Å². The van der Waals surface area contributed by atoms with Crippen molar-refractivity contribution in [2.45, 2.75) is 251 Å². The molecule has 5 fully saturated rings. The minimum atomic E-state index is -3.98. The summed E-state index contributed by atoms with van der Waals surface area (Å²) in [6, 6.07) is 20.0. The first-order valence-electron chi connectivity index (χ1n) is 34.2. The second-order valence-electron chi connectivity index (χ2n) is 27.8. The number of allylic oxidation sites excluding steroid dienone is 3. The quantitative estimate of drug-likeness (QED) is 0.0768. The van der Waals surface area contributed by atoms with Crippen LogP contribution in [0.1, 0.15) is 251 Å². The molecule has 0 bridgehead atoms. The van der Waals surface area contributed by atoms with E-state index in [1.807, 2.05) is 57.2 Å². The summed E-state index contributed by atoms with van der Waals surface area (Å²) in [4.78, 5) is 0. The van der Waals surface area contributed by atoms with E-state index < -0.39 is 34.9 Å². The summed E-state index contributed by atoms with van der Waals surface area (Å²) in [6.07, 6.45) is 35.4. The Morgan fingerprint density at radius 2 is 1.07 bits per heavy atom. The van der Waals surface area contributed by atoms with Crippen molar-refractivity contribution in [2.24, 2.45) is 53.3 Å². The highest BCUT2D eigenvalue weighted by atomic mass is 19.3. The van der Waals surface area contributed by atoms with Crippen LogP contribution in [0.4, 0.5) is 26.3 Å². The lowest BCUT2D eigenvalue weighted by molar-refractivity contribution is -0.188. The highest BCUT2D eigenvalue weighted by Crippen LogP contribution is 2.45. The average molecular weight is 1250 g/mol. The first-order valence-corrected chi connectivity index (χ1v) is 34.2. The number of hydrogen-bond acceptors (Lipinski definition) is 2. The third-order valence-corrected chi connectivity index (χ3v) is 20.9. The molecule has 2 atom stereocenters. The molecule has 498 valence electrons. The van der Waals surface area contributed by atoms with Crippen LogP contribution in [-0.2, 0) is 17.3 Å². The highest BCUT2D eigenvalue weighted by molar-refractivity contribution is 5.72. The average Bonchev–Trinajstić information content (AvgIpc) is 1.53. The minimum absolute atomic E-state index is 0. The molecule has 4 aliphatic carbocycles. The van der Waals surface area contributed by atoms with Gasteiger partial charge < -0.3 is 9.47 Å². The largest absolute Gasteiger partial charge is 0.429 e. The predicted molar refractivity (Wildman–Crippen MR) is 369 cm³/mol. The van der Waals surface area contributed by atoms with Gasteiger partial charge >= 0.3 is 6.11 Å². The van der Waals surface area contributed by atoms with Crippen molar-refractivity contribution < 1.29 is 35.8 Å². The molecule has 2 unspecified atom stereocenters. The van der Waals surface area contributed by atoms with E-state index >= 15 is 13.2 Å². The Morgan fingerprint density at radius 1 is 0.544 bits per heavy atom. The summed E-state index contributed by atoms with van der Waals surface area (Å²) in [5.74, 6) is 5.12. The fraction of sp³-hybridized carbons (Fsp3) is 0.585. The molecule has 5 aromatic rings. The molecular weight excluding hydrogens is 1130 g/mol. The van der Waals surface area contributed by atoms with Gasteiger partial charge in [0.2, 0.25) is 0 Å². The molecule has 0 radical (unpaired) electrons. The van der Waals surface area contributed by atoms with E-state index in [1.54, 1.807) is 45.7 Å². The molecule has 1 saturated heterocycles. The fourth-order valence-electron chi connectivity index (χ4n) is 15.6. The molecule has 8 heteroatoms. The first-order chi connectivity index (χ1) is 42.1. The summed E-state index contributed by atoms with van der Waals surface area (Å²) in [5.41, 5.74) is 7.68. The summed E-state index contributed by atoms with van der Waals surface area (Å²) in [6.45, 7) is 25.7. The van der Waals surface area contributed by atoms with Crippen LogP contribution in [0.3, 0.4) is 0 Å². The third kappa shape index (κ3) is 21.5. The van der Waals surface area contributed by atoms with Gasteiger partial charge in [-0.25, -0.2) is 17.6 Å². The fourth-order valence-corrected chi connectivity index (χ4v) is 15.6. The van der Waals surface area contributed by atoms with E-state index in [1.165, 1.54) is 140 Å². The zero-order valence-electron chi connectivity index (χ0n) is 55.7. The van der Waals surface area contributed by atoms with Gasteiger partial charge in [0.25, 0.3) is 0 Å². The van der Waals surface area contributed by atoms with Gasteiger partial charge in [-0.05, 0) is 284 Å². The Kier molecular flexibility index (Phi) is 30.6. The lowest BCUT2D eigenvalue weighted by Crippen LogP contribution is -2.25. The van der Waals surface area contributed by atoms with Crippen molar-refractivity contribution in [3.63, 3.8) is 0 Å². The number of benzene rings is 5. The maximum Gasteiger partial charge on any atom is 0.429 e. The highest BCUT2D eigenvalue weighted by Gasteiger charge is 2.40. The maximum absolute atomic E-state index is 15.2. The zero-order valence-corrected chi connectivity index (χ0v) is 55.7. The number of alkyl halides is 2. The van der Waals surface area contributed by atoms with Gasteiger partial charge in [-0.15, -0.1) is 6.58 Å². The van der Waals surface area contributed by atoms with Crippen LogP contribution >= 0.6 is 0 Å². The summed E-state index contributed by atoms with van der Waals surface area (Å²) >= 11 is 0. The van der Waals surface area contributed by atoms with Crippen molar-refractivity contribution >= 4 is 0 Å². The third-order valence-electron chi connectivity index (χ3n) is 20.9. The van der Waals surface area contributed by atoms with E-state index in [0.29, 0.717) is 34.6 Å².